The van der Waals surface area contributed by atoms with Gasteiger partial charge in [0.25, 0.3) is 0 Å². The topological polar surface area (TPSA) is 49.8 Å². The van der Waals surface area contributed by atoms with E-state index in [0.29, 0.717) is 26.3 Å². The second kappa shape index (κ2) is 6.75. The van der Waals surface area contributed by atoms with Gasteiger partial charge in [0.1, 0.15) is 5.82 Å². The van der Waals surface area contributed by atoms with E-state index in [9.17, 15) is 14.3 Å². The van der Waals surface area contributed by atoms with Crippen molar-refractivity contribution in [1.29, 1.82) is 0 Å². The molecular formula is C17H22FNO3. The number of halogens is 1. The van der Waals surface area contributed by atoms with Crippen molar-refractivity contribution in [1.82, 2.24) is 4.90 Å². The Hall–Kier alpha value is -1.46. The van der Waals surface area contributed by atoms with E-state index < -0.39 is 6.10 Å². The van der Waals surface area contributed by atoms with Crippen LogP contribution in [0.5, 0.6) is 0 Å². The van der Waals surface area contributed by atoms with Crippen LogP contribution in [0.15, 0.2) is 24.3 Å². The fourth-order valence-corrected chi connectivity index (χ4v) is 3.36. The van der Waals surface area contributed by atoms with Crippen molar-refractivity contribution < 1.29 is 19.0 Å². The van der Waals surface area contributed by atoms with Crippen LogP contribution in [0.4, 0.5) is 4.39 Å². The lowest BCUT2D eigenvalue weighted by molar-refractivity contribution is -0.137. The maximum atomic E-state index is 12.9. The summed E-state index contributed by atoms with van der Waals surface area (Å²) >= 11 is 0. The molecule has 2 aliphatic heterocycles. The lowest BCUT2D eigenvalue weighted by atomic mass is 9.87. The highest BCUT2D eigenvalue weighted by Gasteiger charge is 2.32. The van der Waals surface area contributed by atoms with E-state index in [1.807, 2.05) is 4.90 Å². The molecule has 2 fully saturated rings. The molecule has 1 amide bonds. The Morgan fingerprint density at radius 2 is 1.91 bits per heavy atom. The minimum absolute atomic E-state index is 0.0126. The fraction of sp³-hybridized carbons (Fsp3) is 0.588. The summed E-state index contributed by atoms with van der Waals surface area (Å²) in [7, 11) is 0. The van der Waals surface area contributed by atoms with Gasteiger partial charge in [0, 0.05) is 19.7 Å². The number of hydrogen-bond acceptors (Lipinski definition) is 3. The first-order valence-corrected chi connectivity index (χ1v) is 7.95. The molecule has 2 aliphatic rings. The van der Waals surface area contributed by atoms with Gasteiger partial charge in [-0.05, 0) is 42.9 Å². The van der Waals surface area contributed by atoms with Gasteiger partial charge in [-0.25, -0.2) is 4.39 Å². The molecule has 0 saturated carbocycles. The zero-order chi connectivity index (χ0) is 15.5. The third-order valence-corrected chi connectivity index (χ3v) is 4.79. The molecule has 2 atom stereocenters. The van der Waals surface area contributed by atoms with E-state index >= 15 is 0 Å². The minimum atomic E-state index is -0.590. The summed E-state index contributed by atoms with van der Waals surface area (Å²) < 4.78 is 18.2. The van der Waals surface area contributed by atoms with Gasteiger partial charge >= 0.3 is 0 Å². The number of nitrogens with zero attached hydrogens (tertiary/aromatic N) is 1. The highest BCUT2D eigenvalue weighted by Crippen LogP contribution is 2.31. The molecule has 0 aliphatic carbocycles. The number of benzene rings is 1. The lowest BCUT2D eigenvalue weighted by Crippen LogP contribution is -2.42. The first kappa shape index (κ1) is 15.4. The Bertz CT molecular complexity index is 505. The van der Waals surface area contributed by atoms with Crippen LogP contribution in [0.25, 0.3) is 0 Å². The first-order chi connectivity index (χ1) is 10.6. The molecule has 1 N–H and O–H groups in total. The number of likely N-dealkylation sites (tertiary alicyclic amines) is 1. The molecule has 4 nitrogen and oxygen atoms in total. The van der Waals surface area contributed by atoms with E-state index in [2.05, 4.69) is 0 Å². The van der Waals surface area contributed by atoms with Crippen molar-refractivity contribution in [3.8, 4) is 0 Å². The summed E-state index contributed by atoms with van der Waals surface area (Å²) in [6.07, 6.45) is 1.78. The predicted molar refractivity (Wildman–Crippen MR) is 79.6 cm³/mol. The molecule has 22 heavy (non-hydrogen) atoms. The Balaban J connectivity index is 1.54. The lowest BCUT2D eigenvalue weighted by Gasteiger charge is -2.35. The van der Waals surface area contributed by atoms with Gasteiger partial charge in [0.05, 0.1) is 18.6 Å². The summed E-state index contributed by atoms with van der Waals surface area (Å²) in [6.45, 7) is 2.57. The molecule has 0 radical (unpaired) electrons. The molecule has 0 bridgehead atoms. The van der Waals surface area contributed by atoms with Gasteiger partial charge in [-0.2, -0.15) is 0 Å². The molecule has 3 rings (SSSR count). The van der Waals surface area contributed by atoms with E-state index in [0.717, 1.165) is 24.8 Å². The molecule has 2 unspecified atom stereocenters. The SMILES string of the molecule is O=C(C1CCOC1)N1CCC(C(O)c2ccc(F)cc2)CC1. The molecule has 0 aromatic heterocycles. The molecule has 0 spiro atoms. The molecule has 120 valence electrons. The fourth-order valence-electron chi connectivity index (χ4n) is 3.36. The third kappa shape index (κ3) is 3.31. The Kier molecular flexibility index (Phi) is 4.74. The van der Waals surface area contributed by atoms with Crippen LogP contribution < -0.4 is 0 Å². The number of aliphatic hydroxyl groups excluding tert-OH is 1. The third-order valence-electron chi connectivity index (χ3n) is 4.79. The Morgan fingerprint density at radius 3 is 2.50 bits per heavy atom. The first-order valence-electron chi connectivity index (χ1n) is 7.95. The summed E-state index contributed by atoms with van der Waals surface area (Å²) in [5, 5.41) is 10.4. The van der Waals surface area contributed by atoms with Gasteiger partial charge in [-0.15, -0.1) is 0 Å². The molecule has 2 heterocycles. The number of aliphatic hydroxyl groups is 1. The van der Waals surface area contributed by atoms with E-state index in [1.165, 1.54) is 12.1 Å². The number of carbonyl (C=O) groups excluding carboxylic acids is 1. The quantitative estimate of drug-likeness (QED) is 0.931. The van der Waals surface area contributed by atoms with Gasteiger partial charge in [-0.3, -0.25) is 4.79 Å². The monoisotopic (exact) mass is 307 g/mol. The normalized spacial score (nSPS) is 24.5. The second-order valence-electron chi connectivity index (χ2n) is 6.22. The van der Waals surface area contributed by atoms with Gasteiger partial charge in [-0.1, -0.05) is 12.1 Å². The summed E-state index contributed by atoms with van der Waals surface area (Å²) in [4.78, 5) is 14.2. The van der Waals surface area contributed by atoms with Crippen molar-refractivity contribution in [3.63, 3.8) is 0 Å². The molecule has 1 aromatic carbocycles. The van der Waals surface area contributed by atoms with Crippen molar-refractivity contribution in [2.75, 3.05) is 26.3 Å². The number of ether oxygens (including phenoxy) is 1. The van der Waals surface area contributed by atoms with Crippen molar-refractivity contribution in [2.45, 2.75) is 25.4 Å². The zero-order valence-corrected chi connectivity index (χ0v) is 12.6. The molecule has 1 aromatic rings. The van der Waals surface area contributed by atoms with Crippen molar-refractivity contribution in [2.24, 2.45) is 11.8 Å². The molecule has 5 heteroatoms. The van der Waals surface area contributed by atoms with Crippen LogP contribution in [-0.2, 0) is 9.53 Å². The number of amides is 1. The predicted octanol–water partition coefficient (Wildman–Crippen LogP) is 2.13. The van der Waals surface area contributed by atoms with Crippen LogP contribution in [-0.4, -0.2) is 42.2 Å². The maximum absolute atomic E-state index is 12.9. The summed E-state index contributed by atoms with van der Waals surface area (Å²) in [5.74, 6) is 0.0234. The second-order valence-corrected chi connectivity index (χ2v) is 6.22. The van der Waals surface area contributed by atoms with Crippen LogP contribution in [0.3, 0.4) is 0 Å². The van der Waals surface area contributed by atoms with E-state index in [-0.39, 0.29) is 23.6 Å². The number of hydrogen-bond donors (Lipinski definition) is 1. The highest BCUT2D eigenvalue weighted by molar-refractivity contribution is 5.79. The smallest absolute Gasteiger partial charge is 0.228 e. The number of rotatable bonds is 3. The van der Waals surface area contributed by atoms with Crippen LogP contribution in [0.2, 0.25) is 0 Å². The summed E-state index contributed by atoms with van der Waals surface area (Å²) in [6, 6.07) is 6.01. The largest absolute Gasteiger partial charge is 0.388 e. The zero-order valence-electron chi connectivity index (χ0n) is 12.6. The van der Waals surface area contributed by atoms with E-state index in [4.69, 9.17) is 4.74 Å². The van der Waals surface area contributed by atoms with Crippen LogP contribution in [0.1, 0.15) is 30.9 Å². The van der Waals surface area contributed by atoms with Crippen molar-refractivity contribution >= 4 is 5.91 Å². The van der Waals surface area contributed by atoms with Gasteiger partial charge in [0.15, 0.2) is 0 Å². The number of carbonyl (C=O) groups is 1. The van der Waals surface area contributed by atoms with Crippen LogP contribution in [0, 0.1) is 17.7 Å². The van der Waals surface area contributed by atoms with Crippen molar-refractivity contribution in [3.05, 3.63) is 35.6 Å². The standard InChI is InChI=1S/C17H22FNO3/c18-15-3-1-12(2-4-15)16(20)13-5-8-19(9-6-13)17(21)14-7-10-22-11-14/h1-4,13-14,16,20H,5-11H2. The van der Waals surface area contributed by atoms with E-state index in [1.54, 1.807) is 12.1 Å². The molecule has 2 saturated heterocycles. The average molecular weight is 307 g/mol. The highest BCUT2D eigenvalue weighted by atomic mass is 19.1. The average Bonchev–Trinajstić information content (AvgIpc) is 3.09. The van der Waals surface area contributed by atoms with Crippen LogP contribution >= 0.6 is 0 Å². The minimum Gasteiger partial charge on any atom is -0.388 e. The molecular weight excluding hydrogens is 285 g/mol. The number of piperidine rings is 1. The van der Waals surface area contributed by atoms with Gasteiger partial charge in [0.2, 0.25) is 5.91 Å². The van der Waals surface area contributed by atoms with Gasteiger partial charge < -0.3 is 14.7 Å². The summed E-state index contributed by atoms with van der Waals surface area (Å²) in [5.41, 5.74) is 0.746. The Morgan fingerprint density at radius 1 is 1.23 bits per heavy atom. The Labute approximate surface area is 129 Å². The maximum Gasteiger partial charge on any atom is 0.228 e.